The number of rotatable bonds is 8. The van der Waals surface area contributed by atoms with Gasteiger partial charge < -0.3 is 15.8 Å². The summed E-state index contributed by atoms with van der Waals surface area (Å²) in [5.41, 5.74) is 6.07. The van der Waals surface area contributed by atoms with E-state index in [1.807, 2.05) is 13.0 Å². The van der Waals surface area contributed by atoms with Gasteiger partial charge in [0.15, 0.2) is 5.78 Å². The van der Waals surface area contributed by atoms with E-state index in [0.29, 0.717) is 27.8 Å². The number of amides is 2. The van der Waals surface area contributed by atoms with Crippen LogP contribution in [0.1, 0.15) is 37.7 Å². The number of pyridine rings is 1. The number of carbonyl (C=O) groups excluding carboxylic acids is 3. The van der Waals surface area contributed by atoms with Gasteiger partial charge in [-0.25, -0.2) is 4.98 Å². The van der Waals surface area contributed by atoms with Gasteiger partial charge in [0.05, 0.1) is 16.8 Å². The molecule has 2 amide bonds. The highest BCUT2D eigenvalue weighted by atomic mass is 32.1. The lowest BCUT2D eigenvalue weighted by atomic mass is 10.2. The third-order valence-electron chi connectivity index (χ3n) is 3.96. The SMILES string of the molecule is Cc1ccc(C(=O)CCC(=O)Nc2ccc(Oc3cccc(C(N)=O)c3)nc2)s1. The number of ketones is 1. The topological polar surface area (TPSA) is 111 Å². The molecule has 29 heavy (non-hydrogen) atoms. The maximum atomic E-state index is 12.1. The van der Waals surface area contributed by atoms with Gasteiger partial charge in [0, 0.05) is 29.3 Å². The molecule has 0 saturated heterocycles. The van der Waals surface area contributed by atoms with Crippen LogP contribution in [0, 0.1) is 6.92 Å². The zero-order valence-electron chi connectivity index (χ0n) is 15.7. The first kappa shape index (κ1) is 20.2. The maximum absolute atomic E-state index is 12.1. The number of benzene rings is 1. The number of primary amides is 1. The van der Waals surface area contributed by atoms with Crippen LogP contribution in [-0.4, -0.2) is 22.6 Å². The lowest BCUT2D eigenvalue weighted by Crippen LogP contribution is -2.13. The Kier molecular flexibility index (Phi) is 6.36. The van der Waals surface area contributed by atoms with Crippen LogP contribution in [0.15, 0.2) is 54.7 Å². The zero-order valence-corrected chi connectivity index (χ0v) is 16.5. The van der Waals surface area contributed by atoms with E-state index < -0.39 is 5.91 Å². The number of hydrogen-bond donors (Lipinski definition) is 2. The van der Waals surface area contributed by atoms with Crippen molar-refractivity contribution >= 4 is 34.6 Å². The molecular weight excluding hydrogens is 390 g/mol. The van der Waals surface area contributed by atoms with Crippen LogP contribution in [0.25, 0.3) is 0 Å². The van der Waals surface area contributed by atoms with Crippen molar-refractivity contribution in [3.63, 3.8) is 0 Å². The number of carbonyl (C=O) groups is 3. The summed E-state index contributed by atoms with van der Waals surface area (Å²) in [5, 5.41) is 2.70. The van der Waals surface area contributed by atoms with Crippen LogP contribution in [0.2, 0.25) is 0 Å². The van der Waals surface area contributed by atoms with Crippen LogP contribution >= 0.6 is 11.3 Å². The third-order valence-corrected chi connectivity index (χ3v) is 5.00. The fourth-order valence-electron chi connectivity index (χ4n) is 2.51. The maximum Gasteiger partial charge on any atom is 0.248 e. The number of aromatic nitrogens is 1. The lowest BCUT2D eigenvalue weighted by molar-refractivity contribution is -0.116. The van der Waals surface area contributed by atoms with Crippen molar-refractivity contribution in [2.75, 3.05) is 5.32 Å². The second kappa shape index (κ2) is 9.11. The number of thiophene rings is 1. The standard InChI is InChI=1S/C21H19N3O4S/c1-13-5-8-18(29-13)17(25)7-9-19(26)24-15-6-10-20(23-12-15)28-16-4-2-3-14(11-16)21(22)27/h2-6,8,10-12H,7,9H2,1H3,(H2,22,27)(H,24,26). The number of hydrogen-bond acceptors (Lipinski definition) is 6. The summed E-state index contributed by atoms with van der Waals surface area (Å²) in [6.07, 6.45) is 1.69. The molecule has 1 aromatic carbocycles. The predicted octanol–water partition coefficient (Wildman–Crippen LogP) is 3.94. The largest absolute Gasteiger partial charge is 0.439 e. The number of aryl methyl sites for hydroxylation is 1. The minimum absolute atomic E-state index is 0.0432. The quantitative estimate of drug-likeness (QED) is 0.547. The average molecular weight is 409 g/mol. The van der Waals surface area contributed by atoms with E-state index in [1.54, 1.807) is 36.4 Å². The number of Topliss-reactive ketones (excluding diaryl/α,β-unsaturated/α-hetero) is 1. The molecule has 3 rings (SSSR count). The van der Waals surface area contributed by atoms with Crippen molar-refractivity contribution < 1.29 is 19.1 Å². The van der Waals surface area contributed by atoms with Crippen molar-refractivity contribution in [3.8, 4) is 11.6 Å². The van der Waals surface area contributed by atoms with Crippen molar-refractivity contribution in [3.05, 3.63) is 70.0 Å². The van der Waals surface area contributed by atoms with Gasteiger partial charge in [-0.3, -0.25) is 14.4 Å². The van der Waals surface area contributed by atoms with Gasteiger partial charge in [0.1, 0.15) is 5.75 Å². The molecule has 0 atom stereocenters. The summed E-state index contributed by atoms with van der Waals surface area (Å²) in [6.45, 7) is 1.93. The van der Waals surface area contributed by atoms with Gasteiger partial charge in [0.2, 0.25) is 17.7 Å². The molecule has 0 spiro atoms. The van der Waals surface area contributed by atoms with Crippen LogP contribution in [-0.2, 0) is 4.79 Å². The van der Waals surface area contributed by atoms with Crippen molar-refractivity contribution in [1.29, 1.82) is 0 Å². The van der Waals surface area contributed by atoms with E-state index in [9.17, 15) is 14.4 Å². The highest BCUT2D eigenvalue weighted by molar-refractivity contribution is 7.14. The first-order chi connectivity index (χ1) is 13.9. The summed E-state index contributed by atoms with van der Waals surface area (Å²) in [7, 11) is 0. The van der Waals surface area contributed by atoms with E-state index >= 15 is 0 Å². The molecule has 3 aromatic rings. The molecule has 2 heterocycles. The normalized spacial score (nSPS) is 10.4. The van der Waals surface area contributed by atoms with E-state index in [2.05, 4.69) is 10.3 Å². The highest BCUT2D eigenvalue weighted by Crippen LogP contribution is 2.22. The Morgan fingerprint density at radius 2 is 1.93 bits per heavy atom. The summed E-state index contributed by atoms with van der Waals surface area (Å²) in [5.74, 6) is -0.135. The Labute approximate surface area is 171 Å². The summed E-state index contributed by atoms with van der Waals surface area (Å²) < 4.78 is 5.58. The van der Waals surface area contributed by atoms with Crippen LogP contribution in [0.3, 0.4) is 0 Å². The molecule has 0 unspecified atom stereocenters. The Bertz CT molecular complexity index is 1040. The first-order valence-corrected chi connectivity index (χ1v) is 9.65. The van der Waals surface area contributed by atoms with Crippen LogP contribution in [0.5, 0.6) is 11.6 Å². The Balaban J connectivity index is 1.52. The molecular formula is C21H19N3O4S. The van der Waals surface area contributed by atoms with Gasteiger partial charge in [-0.05, 0) is 43.3 Å². The molecule has 0 aliphatic heterocycles. The van der Waals surface area contributed by atoms with Gasteiger partial charge in [0.25, 0.3) is 0 Å². The minimum atomic E-state index is -0.547. The lowest BCUT2D eigenvalue weighted by Gasteiger charge is -2.08. The number of nitrogens with zero attached hydrogens (tertiary/aromatic N) is 1. The average Bonchev–Trinajstić information content (AvgIpc) is 3.14. The van der Waals surface area contributed by atoms with E-state index in [4.69, 9.17) is 10.5 Å². The molecule has 0 aliphatic carbocycles. The molecule has 0 bridgehead atoms. The molecule has 3 N–H and O–H groups in total. The monoisotopic (exact) mass is 409 g/mol. The highest BCUT2D eigenvalue weighted by Gasteiger charge is 2.11. The smallest absolute Gasteiger partial charge is 0.248 e. The molecule has 0 radical (unpaired) electrons. The van der Waals surface area contributed by atoms with E-state index in [1.165, 1.54) is 23.6 Å². The summed E-state index contributed by atoms with van der Waals surface area (Å²) in [4.78, 5) is 41.2. The number of nitrogens with two attached hydrogens (primary N) is 1. The molecule has 8 heteroatoms. The first-order valence-electron chi connectivity index (χ1n) is 8.84. The summed E-state index contributed by atoms with van der Waals surface area (Å²) in [6, 6.07) is 13.3. The van der Waals surface area contributed by atoms with Gasteiger partial charge in [-0.1, -0.05) is 6.07 Å². The third kappa shape index (κ3) is 5.73. The molecule has 0 fully saturated rings. The number of nitrogens with one attached hydrogen (secondary N) is 1. The van der Waals surface area contributed by atoms with Crippen molar-refractivity contribution in [2.24, 2.45) is 5.73 Å². The van der Waals surface area contributed by atoms with Gasteiger partial charge >= 0.3 is 0 Å². The fourth-order valence-corrected chi connectivity index (χ4v) is 3.34. The van der Waals surface area contributed by atoms with Crippen molar-refractivity contribution in [2.45, 2.75) is 19.8 Å². The van der Waals surface area contributed by atoms with E-state index in [0.717, 1.165) is 4.88 Å². The number of anilines is 1. The minimum Gasteiger partial charge on any atom is -0.439 e. The second-order valence-electron chi connectivity index (χ2n) is 6.26. The van der Waals surface area contributed by atoms with Crippen LogP contribution in [0.4, 0.5) is 5.69 Å². The second-order valence-corrected chi connectivity index (χ2v) is 7.55. The Hall–Kier alpha value is -3.52. The number of ether oxygens (including phenoxy) is 1. The van der Waals surface area contributed by atoms with Crippen LogP contribution < -0.4 is 15.8 Å². The fraction of sp³-hybridized carbons (Fsp3) is 0.143. The molecule has 0 aliphatic rings. The molecule has 148 valence electrons. The zero-order chi connectivity index (χ0) is 20.8. The molecule has 7 nitrogen and oxygen atoms in total. The van der Waals surface area contributed by atoms with Gasteiger partial charge in [-0.2, -0.15) is 0 Å². The molecule has 0 saturated carbocycles. The predicted molar refractivity (Wildman–Crippen MR) is 111 cm³/mol. The molecule has 2 aromatic heterocycles. The van der Waals surface area contributed by atoms with Crippen molar-refractivity contribution in [1.82, 2.24) is 4.98 Å². The Morgan fingerprint density at radius 3 is 2.59 bits per heavy atom. The Morgan fingerprint density at radius 1 is 1.10 bits per heavy atom. The van der Waals surface area contributed by atoms with E-state index in [-0.39, 0.29) is 24.5 Å². The van der Waals surface area contributed by atoms with Gasteiger partial charge in [-0.15, -0.1) is 11.3 Å². The summed E-state index contributed by atoms with van der Waals surface area (Å²) >= 11 is 1.43.